The molecule has 6 nitrogen and oxygen atoms in total. The van der Waals surface area contributed by atoms with Crippen LogP contribution in [0.25, 0.3) is 0 Å². The predicted octanol–water partition coefficient (Wildman–Crippen LogP) is 3.82. The highest BCUT2D eigenvalue weighted by atomic mass is 19.2. The van der Waals surface area contributed by atoms with Crippen LogP contribution in [-0.4, -0.2) is 52.7 Å². The molecule has 35 heavy (non-hydrogen) atoms. The summed E-state index contributed by atoms with van der Waals surface area (Å²) in [7, 11) is 0. The predicted molar refractivity (Wildman–Crippen MR) is 127 cm³/mol. The van der Waals surface area contributed by atoms with E-state index in [1.54, 1.807) is 18.5 Å². The van der Waals surface area contributed by atoms with Gasteiger partial charge in [-0.1, -0.05) is 19.1 Å². The average Bonchev–Trinajstić information content (AvgIpc) is 2.84. The molecule has 2 heterocycles. The summed E-state index contributed by atoms with van der Waals surface area (Å²) in [6.45, 7) is 2.83. The number of β-amino-alcohol motifs (C(OH)–C–C–N with tert-alkyl or cyclic N) is 1. The first kappa shape index (κ1) is 24.7. The van der Waals surface area contributed by atoms with Crippen LogP contribution in [0, 0.1) is 17.5 Å². The molecule has 1 aliphatic rings. The summed E-state index contributed by atoms with van der Waals surface area (Å²) < 4.78 is 43.1. The molecule has 3 N–H and O–H groups in total. The van der Waals surface area contributed by atoms with Crippen molar-refractivity contribution in [2.24, 2.45) is 0 Å². The topological polar surface area (TPSA) is 77.5 Å². The molecule has 1 aliphatic heterocycles. The van der Waals surface area contributed by atoms with Crippen LogP contribution in [0.15, 0.2) is 54.9 Å². The summed E-state index contributed by atoms with van der Waals surface area (Å²) in [4.78, 5) is 18.5. The van der Waals surface area contributed by atoms with Gasteiger partial charge in [0.1, 0.15) is 11.4 Å². The zero-order valence-corrected chi connectivity index (χ0v) is 19.3. The van der Waals surface area contributed by atoms with Crippen molar-refractivity contribution in [3.05, 3.63) is 89.0 Å². The molecule has 1 aromatic heterocycles. The summed E-state index contributed by atoms with van der Waals surface area (Å²) in [5.41, 5.74) is 0.0320. The summed E-state index contributed by atoms with van der Waals surface area (Å²) in [5, 5.41) is 16.4. The number of aromatic nitrogens is 1. The van der Waals surface area contributed by atoms with Gasteiger partial charge in [-0.05, 0) is 60.8 Å². The lowest BCUT2D eigenvalue weighted by atomic mass is 9.92. The first-order chi connectivity index (χ1) is 16.8. The molecule has 1 saturated heterocycles. The maximum atomic E-state index is 14.7. The number of halogens is 3. The monoisotopic (exact) mass is 484 g/mol. The number of hydrogen-bond acceptors (Lipinski definition) is 5. The molecule has 0 atom stereocenters. The molecule has 0 radical (unpaired) electrons. The Morgan fingerprint density at radius 1 is 1.11 bits per heavy atom. The van der Waals surface area contributed by atoms with Gasteiger partial charge in [0.05, 0.1) is 30.0 Å². The second-order valence-corrected chi connectivity index (χ2v) is 8.75. The van der Waals surface area contributed by atoms with Crippen LogP contribution in [0.2, 0.25) is 0 Å². The molecule has 1 fully saturated rings. The van der Waals surface area contributed by atoms with Gasteiger partial charge in [0.25, 0.3) is 5.91 Å². The minimum Gasteiger partial charge on any atom is -0.385 e. The fourth-order valence-electron chi connectivity index (χ4n) is 4.06. The van der Waals surface area contributed by atoms with Crippen LogP contribution < -0.4 is 10.6 Å². The van der Waals surface area contributed by atoms with Gasteiger partial charge in [0.2, 0.25) is 0 Å². The van der Waals surface area contributed by atoms with E-state index in [2.05, 4.69) is 15.6 Å². The fraction of sp³-hybridized carbons (Fsp3) is 0.308. The number of pyridine rings is 1. The number of carbonyl (C=O) groups is 1. The third-order valence-corrected chi connectivity index (χ3v) is 6.05. The van der Waals surface area contributed by atoms with E-state index in [1.807, 2.05) is 19.1 Å². The van der Waals surface area contributed by atoms with E-state index in [1.165, 1.54) is 17.0 Å². The molecule has 2 aromatic carbocycles. The minimum atomic E-state index is -1.28. The van der Waals surface area contributed by atoms with Crippen LogP contribution in [0.3, 0.4) is 0 Å². The summed E-state index contributed by atoms with van der Waals surface area (Å²) in [6, 6.07) is 10.2. The second kappa shape index (κ2) is 10.5. The number of rotatable bonds is 9. The highest BCUT2D eigenvalue weighted by Crippen LogP contribution is 2.31. The minimum absolute atomic E-state index is 0.0315. The molecule has 0 unspecified atom stereocenters. The number of nitrogens with zero attached hydrogens (tertiary/aromatic N) is 2. The molecule has 0 aliphatic carbocycles. The van der Waals surface area contributed by atoms with Crippen LogP contribution in [0.5, 0.6) is 0 Å². The van der Waals surface area contributed by atoms with Gasteiger partial charge in [0.15, 0.2) is 11.6 Å². The van der Waals surface area contributed by atoms with Crippen LogP contribution >= 0.6 is 0 Å². The quantitative estimate of drug-likeness (QED) is 0.403. The molecule has 3 aromatic rings. The highest BCUT2D eigenvalue weighted by Gasteiger charge is 2.44. The zero-order chi connectivity index (χ0) is 25.0. The van der Waals surface area contributed by atoms with E-state index in [0.29, 0.717) is 13.0 Å². The Morgan fingerprint density at radius 2 is 1.91 bits per heavy atom. The van der Waals surface area contributed by atoms with Crippen molar-refractivity contribution in [2.45, 2.75) is 25.4 Å². The van der Waals surface area contributed by atoms with Gasteiger partial charge in [0, 0.05) is 18.9 Å². The average molecular weight is 485 g/mol. The van der Waals surface area contributed by atoms with Crippen molar-refractivity contribution in [3.63, 3.8) is 0 Å². The normalized spacial score (nSPS) is 14.5. The standard InChI is InChI=1S/C26H27F3N4O2/c1-2-17-5-8-22(21(28)12-17)32-24-19(6-7-20(27)23(24)29)25(34)33-15-26(35,16-33)14-31-11-9-18-4-3-10-30-13-18/h3-8,10,12-13,31-32,35H,2,9,11,14-16H2,1H3. The first-order valence-electron chi connectivity index (χ1n) is 11.4. The van der Waals surface area contributed by atoms with Gasteiger partial charge >= 0.3 is 0 Å². The lowest BCUT2D eigenvalue weighted by molar-refractivity contribution is -0.0783. The van der Waals surface area contributed by atoms with E-state index < -0.39 is 34.6 Å². The maximum Gasteiger partial charge on any atom is 0.256 e. The van der Waals surface area contributed by atoms with Gasteiger partial charge in [-0.3, -0.25) is 9.78 Å². The van der Waals surface area contributed by atoms with Crippen LogP contribution in [-0.2, 0) is 12.8 Å². The Kier molecular flexibility index (Phi) is 7.37. The molecular formula is C26H27F3N4O2. The van der Waals surface area contributed by atoms with E-state index in [4.69, 9.17) is 0 Å². The Bertz CT molecular complexity index is 1200. The Hall–Kier alpha value is -3.43. The van der Waals surface area contributed by atoms with Gasteiger partial charge < -0.3 is 20.6 Å². The molecule has 1 amide bonds. The van der Waals surface area contributed by atoms with Crippen molar-refractivity contribution in [1.82, 2.24) is 15.2 Å². The van der Waals surface area contributed by atoms with E-state index in [0.717, 1.165) is 29.7 Å². The smallest absolute Gasteiger partial charge is 0.256 e. The molecule has 9 heteroatoms. The number of aryl methyl sites for hydroxylation is 1. The van der Waals surface area contributed by atoms with E-state index >= 15 is 0 Å². The molecule has 0 spiro atoms. The number of hydrogen-bond donors (Lipinski definition) is 3. The van der Waals surface area contributed by atoms with Gasteiger partial charge in [-0.15, -0.1) is 0 Å². The molecule has 184 valence electrons. The highest BCUT2D eigenvalue weighted by molar-refractivity contribution is 6.01. The van der Waals surface area contributed by atoms with Crippen molar-refractivity contribution in [2.75, 3.05) is 31.5 Å². The van der Waals surface area contributed by atoms with Gasteiger partial charge in [-0.25, -0.2) is 13.2 Å². The van der Waals surface area contributed by atoms with Crippen molar-refractivity contribution < 1.29 is 23.1 Å². The molecular weight excluding hydrogens is 457 g/mol. The molecule has 0 saturated carbocycles. The lowest BCUT2D eigenvalue weighted by Crippen LogP contribution is -2.67. The first-order valence-corrected chi connectivity index (χ1v) is 11.4. The summed E-state index contributed by atoms with van der Waals surface area (Å²) >= 11 is 0. The Balaban J connectivity index is 1.40. The van der Waals surface area contributed by atoms with Gasteiger partial charge in [-0.2, -0.15) is 0 Å². The Morgan fingerprint density at radius 3 is 2.60 bits per heavy atom. The van der Waals surface area contributed by atoms with Crippen molar-refractivity contribution in [3.8, 4) is 0 Å². The second-order valence-electron chi connectivity index (χ2n) is 8.75. The lowest BCUT2D eigenvalue weighted by Gasteiger charge is -2.46. The third-order valence-electron chi connectivity index (χ3n) is 6.05. The summed E-state index contributed by atoms with van der Waals surface area (Å²) in [6.07, 6.45) is 4.83. The van der Waals surface area contributed by atoms with Crippen LogP contribution in [0.4, 0.5) is 24.5 Å². The van der Waals surface area contributed by atoms with E-state index in [-0.39, 0.29) is 30.9 Å². The number of anilines is 2. The number of likely N-dealkylation sites (tertiary alicyclic amines) is 1. The number of benzene rings is 2. The number of amides is 1. The SMILES string of the molecule is CCc1ccc(Nc2c(C(=O)N3CC(O)(CNCCc4cccnc4)C3)ccc(F)c2F)c(F)c1. The number of carbonyl (C=O) groups excluding carboxylic acids is 1. The molecule has 4 rings (SSSR count). The Labute approximate surface area is 201 Å². The zero-order valence-electron chi connectivity index (χ0n) is 19.3. The largest absolute Gasteiger partial charge is 0.385 e. The fourth-order valence-corrected chi connectivity index (χ4v) is 4.06. The van der Waals surface area contributed by atoms with Crippen LogP contribution in [0.1, 0.15) is 28.4 Å². The molecule has 0 bridgehead atoms. The van der Waals surface area contributed by atoms with Crippen molar-refractivity contribution in [1.29, 1.82) is 0 Å². The maximum absolute atomic E-state index is 14.7. The van der Waals surface area contributed by atoms with Crippen molar-refractivity contribution >= 4 is 17.3 Å². The number of nitrogens with one attached hydrogen (secondary N) is 2. The summed E-state index contributed by atoms with van der Waals surface area (Å²) in [5.74, 6) is -3.66. The van der Waals surface area contributed by atoms with E-state index in [9.17, 15) is 23.1 Å². The third kappa shape index (κ3) is 5.63. The number of aliphatic hydroxyl groups is 1.